The number of Topliss-reactive ketones (excluding diaryl/α,β-unsaturated/α-hetero) is 2. The highest BCUT2D eigenvalue weighted by Gasteiger charge is 2.43. The second kappa shape index (κ2) is 9.12. The maximum absolute atomic E-state index is 13.2. The zero-order chi connectivity index (χ0) is 24.9. The van der Waals surface area contributed by atoms with Crippen LogP contribution in [-0.2, 0) is 24.4 Å². The molecule has 3 aliphatic rings. The first-order valence-electron chi connectivity index (χ1n) is 11.4. The molecule has 0 unspecified atom stereocenters. The van der Waals surface area contributed by atoms with Gasteiger partial charge in [-0.25, -0.2) is 0 Å². The molecule has 2 aromatic carbocycles. The molecule has 0 N–H and O–H groups in total. The van der Waals surface area contributed by atoms with Crippen LogP contribution in [0.3, 0.4) is 0 Å². The number of carbonyl (C=O) groups excluding carboxylic acids is 2. The van der Waals surface area contributed by atoms with Gasteiger partial charge in [0.1, 0.15) is 16.4 Å². The Hall–Kier alpha value is -2.61. The largest absolute Gasteiger partial charge is 0.465 e. The molecule has 0 radical (unpaired) electrons. The summed E-state index contributed by atoms with van der Waals surface area (Å²) in [6.07, 6.45) is 3.00. The minimum Gasteiger partial charge on any atom is -0.465 e. The number of ether oxygens (including phenoxy) is 1. The van der Waals surface area contributed by atoms with Gasteiger partial charge in [0.2, 0.25) is 0 Å². The summed E-state index contributed by atoms with van der Waals surface area (Å²) in [5, 5.41) is 0.192. The second-order valence-corrected chi connectivity index (χ2v) is 11.3. The van der Waals surface area contributed by atoms with Gasteiger partial charge in [-0.3, -0.25) is 9.59 Å². The summed E-state index contributed by atoms with van der Waals surface area (Å²) in [4.78, 5) is 26.2. The van der Waals surface area contributed by atoms with Crippen LogP contribution >= 0.6 is 23.2 Å². The van der Waals surface area contributed by atoms with Crippen molar-refractivity contribution in [2.24, 2.45) is 0 Å². The van der Waals surface area contributed by atoms with E-state index in [4.69, 9.17) is 32.1 Å². The maximum Gasteiger partial charge on any atom is 0.339 e. The van der Waals surface area contributed by atoms with Crippen molar-refractivity contribution >= 4 is 44.9 Å². The summed E-state index contributed by atoms with van der Waals surface area (Å²) < 4.78 is 38.0. The third-order valence-corrected chi connectivity index (χ3v) is 8.23. The van der Waals surface area contributed by atoms with Crippen LogP contribution in [0.4, 0.5) is 0 Å². The van der Waals surface area contributed by atoms with Crippen molar-refractivity contribution in [1.82, 2.24) is 0 Å². The average Bonchev–Trinajstić information content (AvgIpc) is 2.80. The molecule has 5 rings (SSSR count). The van der Waals surface area contributed by atoms with Crippen molar-refractivity contribution in [3.05, 3.63) is 80.2 Å². The number of allylic oxidation sites excluding steroid dienone is 4. The van der Waals surface area contributed by atoms with E-state index in [2.05, 4.69) is 0 Å². The number of benzene rings is 2. The number of ketones is 2. The Balaban J connectivity index is 1.71. The predicted molar refractivity (Wildman–Crippen MR) is 131 cm³/mol. The minimum absolute atomic E-state index is 0.0366. The van der Waals surface area contributed by atoms with Crippen molar-refractivity contribution in [3.63, 3.8) is 0 Å². The fraction of sp³-hybridized carbons (Fsp3) is 0.308. The van der Waals surface area contributed by atoms with Crippen LogP contribution in [-0.4, -0.2) is 20.0 Å². The molecule has 1 heterocycles. The van der Waals surface area contributed by atoms with E-state index in [0.717, 1.165) is 5.56 Å². The lowest BCUT2D eigenvalue weighted by molar-refractivity contribution is -0.117. The highest BCUT2D eigenvalue weighted by atomic mass is 35.5. The summed E-state index contributed by atoms with van der Waals surface area (Å²) in [5.74, 6) is -0.284. The third-order valence-electron chi connectivity index (χ3n) is 6.49. The molecule has 0 bridgehead atoms. The summed E-state index contributed by atoms with van der Waals surface area (Å²) >= 11 is 12.8. The second-order valence-electron chi connectivity index (χ2n) is 8.92. The Bertz CT molecular complexity index is 1380. The summed E-state index contributed by atoms with van der Waals surface area (Å²) in [5.41, 5.74) is 1.84. The highest BCUT2D eigenvalue weighted by Crippen LogP contribution is 2.51. The van der Waals surface area contributed by atoms with E-state index in [1.807, 2.05) is 6.92 Å². The zero-order valence-corrected chi connectivity index (χ0v) is 21.2. The first-order valence-corrected chi connectivity index (χ1v) is 13.5. The van der Waals surface area contributed by atoms with Gasteiger partial charge in [-0.15, -0.1) is 0 Å². The Morgan fingerprint density at radius 3 is 2.03 bits per heavy atom. The lowest BCUT2D eigenvalue weighted by Crippen LogP contribution is -2.30. The molecule has 35 heavy (non-hydrogen) atoms. The van der Waals surface area contributed by atoms with Gasteiger partial charge in [0.05, 0.1) is 10.9 Å². The number of carbonyl (C=O) groups is 2. The van der Waals surface area contributed by atoms with Gasteiger partial charge >= 0.3 is 10.1 Å². The van der Waals surface area contributed by atoms with E-state index in [1.165, 1.54) is 24.3 Å². The van der Waals surface area contributed by atoms with E-state index >= 15 is 0 Å². The molecule has 0 saturated heterocycles. The SMILES string of the molecule is Cc1ccc(S(=O)(=O)Oc2c(Cl)cc(Cl)cc2C2C3=C(CCCC3=O)OC3=C2C(=O)CCC3)cc1. The molecule has 1 aliphatic heterocycles. The quantitative estimate of drug-likeness (QED) is 0.435. The molecule has 6 nitrogen and oxygen atoms in total. The van der Waals surface area contributed by atoms with Crippen molar-refractivity contribution in [1.29, 1.82) is 0 Å². The average molecular weight is 533 g/mol. The predicted octanol–water partition coefficient (Wildman–Crippen LogP) is 6.20. The number of hydrogen-bond donors (Lipinski definition) is 0. The van der Waals surface area contributed by atoms with Crippen molar-refractivity contribution in [2.45, 2.75) is 56.3 Å². The molecule has 2 aromatic rings. The third kappa shape index (κ3) is 4.41. The van der Waals surface area contributed by atoms with E-state index < -0.39 is 16.0 Å². The van der Waals surface area contributed by atoms with Gasteiger partial charge < -0.3 is 8.92 Å². The Kier molecular flexibility index (Phi) is 6.28. The molecule has 0 fully saturated rings. The van der Waals surface area contributed by atoms with Gasteiger partial charge in [-0.2, -0.15) is 8.42 Å². The van der Waals surface area contributed by atoms with Crippen molar-refractivity contribution in [2.75, 3.05) is 0 Å². The summed E-state index contributed by atoms with van der Waals surface area (Å²) in [7, 11) is -4.27. The first kappa shape index (κ1) is 24.1. The fourth-order valence-corrected chi connectivity index (χ4v) is 6.44. The van der Waals surface area contributed by atoms with Crippen LogP contribution < -0.4 is 4.18 Å². The van der Waals surface area contributed by atoms with Gasteiger partial charge in [-0.05, 0) is 44.0 Å². The van der Waals surface area contributed by atoms with Crippen LogP contribution in [0.1, 0.15) is 55.6 Å². The topological polar surface area (TPSA) is 86.7 Å². The van der Waals surface area contributed by atoms with E-state index in [0.29, 0.717) is 61.2 Å². The molecule has 182 valence electrons. The van der Waals surface area contributed by atoms with E-state index in [9.17, 15) is 18.0 Å². The molecule has 2 aliphatic carbocycles. The lowest BCUT2D eigenvalue weighted by Gasteiger charge is -2.36. The van der Waals surface area contributed by atoms with Crippen LogP contribution in [0, 0.1) is 6.92 Å². The number of hydrogen-bond acceptors (Lipinski definition) is 6. The molecule has 9 heteroatoms. The Labute approximate surface area is 213 Å². The molecule has 0 atom stereocenters. The Morgan fingerprint density at radius 1 is 0.886 bits per heavy atom. The number of rotatable bonds is 4. The van der Waals surface area contributed by atoms with Crippen LogP contribution in [0.2, 0.25) is 10.0 Å². The van der Waals surface area contributed by atoms with Crippen LogP contribution in [0.15, 0.2) is 64.0 Å². The van der Waals surface area contributed by atoms with Crippen LogP contribution in [0.5, 0.6) is 5.75 Å². The molecule has 0 aromatic heterocycles. The summed E-state index contributed by atoms with van der Waals surface area (Å²) in [6.45, 7) is 1.84. The fourth-order valence-electron chi connectivity index (χ4n) is 4.87. The summed E-state index contributed by atoms with van der Waals surface area (Å²) in [6, 6.07) is 9.10. The molecule has 0 saturated carbocycles. The standard InChI is InChI=1S/C26H22Cl2O6S/c1-14-8-10-16(11-9-14)35(31,32)34-26-17(12-15(27)13-18(26)28)23-24-19(29)4-2-6-21(24)33-22-7-3-5-20(30)25(22)23/h8-13,23H,2-7H2,1H3. The van der Waals surface area contributed by atoms with Gasteiger partial charge in [-0.1, -0.05) is 40.9 Å². The first-order chi connectivity index (χ1) is 16.7. The molecular weight excluding hydrogens is 511 g/mol. The Morgan fingerprint density at radius 2 is 1.46 bits per heavy atom. The number of halogens is 2. The molecule has 0 amide bonds. The van der Waals surface area contributed by atoms with Crippen molar-refractivity contribution < 1.29 is 26.9 Å². The molecular formula is C26H22Cl2O6S. The minimum atomic E-state index is -4.27. The monoisotopic (exact) mass is 532 g/mol. The molecule has 0 spiro atoms. The maximum atomic E-state index is 13.2. The number of aryl methyl sites for hydroxylation is 1. The van der Waals surface area contributed by atoms with E-state index in [1.54, 1.807) is 12.1 Å². The highest BCUT2D eigenvalue weighted by molar-refractivity contribution is 7.87. The van der Waals surface area contributed by atoms with Crippen molar-refractivity contribution in [3.8, 4) is 5.75 Å². The van der Waals surface area contributed by atoms with Gasteiger partial charge in [0.15, 0.2) is 17.3 Å². The smallest absolute Gasteiger partial charge is 0.339 e. The zero-order valence-electron chi connectivity index (χ0n) is 18.9. The lowest BCUT2D eigenvalue weighted by atomic mass is 9.73. The van der Waals surface area contributed by atoms with Crippen LogP contribution in [0.25, 0.3) is 0 Å². The van der Waals surface area contributed by atoms with E-state index in [-0.39, 0.29) is 37.8 Å². The van der Waals surface area contributed by atoms with Gasteiger partial charge in [0, 0.05) is 47.4 Å². The van der Waals surface area contributed by atoms with Gasteiger partial charge in [0.25, 0.3) is 0 Å². The normalized spacial score (nSPS) is 18.8.